The Kier molecular flexibility index (Phi) is 13.3. The first-order valence-electron chi connectivity index (χ1n) is 16.2. The highest BCUT2D eigenvalue weighted by molar-refractivity contribution is 5.81. The molecule has 236 valence electrons. The van der Waals surface area contributed by atoms with E-state index >= 15 is 0 Å². The normalized spacial score (nSPS) is 24.1. The van der Waals surface area contributed by atoms with Crippen LogP contribution in [0.4, 0.5) is 0 Å². The topological polar surface area (TPSA) is 131 Å². The van der Waals surface area contributed by atoms with Crippen LogP contribution in [0.3, 0.4) is 0 Å². The van der Waals surface area contributed by atoms with E-state index in [1.165, 1.54) is 19.3 Å². The van der Waals surface area contributed by atoms with E-state index in [0.29, 0.717) is 44.7 Å². The fraction of sp³-hybridized carbons (Fsp3) is 0.727. The SMILES string of the molecule is CC[C@H](C)[C@H](N[N+]1(C[C@H](CC(C)C)NC(=O)[C@@H](N)CC2CCCCC2)CCC[C@H]1C(=O)OCc1ccccc1)C(=O)O. The number of nitrogens with zero attached hydrogens (tertiary/aromatic N) is 1. The zero-order chi connectivity index (χ0) is 30.7. The maximum atomic E-state index is 13.6. The molecule has 6 atom stereocenters. The summed E-state index contributed by atoms with van der Waals surface area (Å²) in [6.45, 7) is 9.21. The molecule has 1 unspecified atom stereocenters. The molecule has 1 heterocycles. The zero-order valence-corrected chi connectivity index (χ0v) is 26.2. The first-order chi connectivity index (χ1) is 20.0. The van der Waals surface area contributed by atoms with E-state index in [0.717, 1.165) is 24.8 Å². The van der Waals surface area contributed by atoms with Crippen LogP contribution in [0.15, 0.2) is 30.3 Å². The van der Waals surface area contributed by atoms with Crippen LogP contribution >= 0.6 is 0 Å². The van der Waals surface area contributed by atoms with Gasteiger partial charge < -0.3 is 20.9 Å². The molecule has 1 saturated heterocycles. The molecule has 1 amide bonds. The van der Waals surface area contributed by atoms with Crippen LogP contribution in [0.25, 0.3) is 0 Å². The van der Waals surface area contributed by atoms with Crippen molar-refractivity contribution in [3.63, 3.8) is 0 Å². The Bertz CT molecular complexity index is 999. The number of likely N-dealkylation sites (tertiary alicyclic amines) is 1. The number of esters is 1. The van der Waals surface area contributed by atoms with Crippen LogP contribution in [0, 0.1) is 17.8 Å². The van der Waals surface area contributed by atoms with Crippen molar-refractivity contribution in [1.82, 2.24) is 10.7 Å². The fourth-order valence-corrected chi connectivity index (χ4v) is 6.82. The van der Waals surface area contributed by atoms with Crippen LogP contribution in [-0.2, 0) is 25.7 Å². The Morgan fingerprint density at radius 3 is 2.36 bits per heavy atom. The summed E-state index contributed by atoms with van der Waals surface area (Å²) in [5, 5.41) is 13.4. The van der Waals surface area contributed by atoms with Crippen molar-refractivity contribution in [1.29, 1.82) is 0 Å². The third-order valence-electron chi connectivity index (χ3n) is 9.30. The Morgan fingerprint density at radius 1 is 1.05 bits per heavy atom. The van der Waals surface area contributed by atoms with Crippen LogP contribution in [0.2, 0.25) is 0 Å². The lowest BCUT2D eigenvalue weighted by molar-refractivity contribution is -0.976. The molecule has 2 fully saturated rings. The van der Waals surface area contributed by atoms with Gasteiger partial charge in [-0.25, -0.2) is 9.39 Å². The molecule has 0 spiro atoms. The van der Waals surface area contributed by atoms with Crippen molar-refractivity contribution >= 4 is 17.8 Å². The second kappa shape index (κ2) is 16.4. The van der Waals surface area contributed by atoms with Crippen molar-refractivity contribution in [2.75, 3.05) is 13.1 Å². The number of benzene rings is 1. The van der Waals surface area contributed by atoms with Crippen LogP contribution in [0.5, 0.6) is 0 Å². The second-order valence-corrected chi connectivity index (χ2v) is 13.2. The minimum absolute atomic E-state index is 0.0739. The predicted molar refractivity (Wildman–Crippen MR) is 164 cm³/mol. The van der Waals surface area contributed by atoms with E-state index in [2.05, 4.69) is 24.6 Å². The largest absolute Gasteiger partial charge is 0.480 e. The molecule has 0 radical (unpaired) electrons. The van der Waals surface area contributed by atoms with E-state index in [1.54, 1.807) is 0 Å². The molecule has 0 bridgehead atoms. The van der Waals surface area contributed by atoms with Gasteiger partial charge in [0.15, 0.2) is 6.04 Å². The number of carbonyl (C=O) groups excluding carboxylic acids is 2. The third-order valence-corrected chi connectivity index (χ3v) is 9.30. The third kappa shape index (κ3) is 9.78. The number of rotatable bonds is 16. The smallest absolute Gasteiger partial charge is 0.367 e. The molecule has 1 aliphatic heterocycles. The van der Waals surface area contributed by atoms with Crippen molar-refractivity contribution < 1.29 is 28.8 Å². The first-order valence-corrected chi connectivity index (χ1v) is 16.2. The highest BCUT2D eigenvalue weighted by Crippen LogP contribution is 2.30. The summed E-state index contributed by atoms with van der Waals surface area (Å²) in [6, 6.07) is 7.26. The Labute approximate surface area is 252 Å². The number of hydrogen-bond donors (Lipinski definition) is 4. The van der Waals surface area contributed by atoms with Crippen LogP contribution < -0.4 is 16.5 Å². The average Bonchev–Trinajstić information content (AvgIpc) is 3.37. The van der Waals surface area contributed by atoms with Crippen LogP contribution in [0.1, 0.15) is 97.5 Å². The molecule has 1 aromatic carbocycles. The molecule has 1 aromatic rings. The maximum absolute atomic E-state index is 13.6. The minimum atomic E-state index is -0.941. The number of aliphatic carboxylic acids is 1. The molecule has 2 aliphatic rings. The maximum Gasteiger partial charge on any atom is 0.367 e. The first kappa shape index (κ1) is 34.0. The molecule has 1 saturated carbocycles. The summed E-state index contributed by atoms with van der Waals surface area (Å²) in [7, 11) is 0. The van der Waals surface area contributed by atoms with Gasteiger partial charge in [0.2, 0.25) is 11.9 Å². The van der Waals surface area contributed by atoms with Gasteiger partial charge in [0.25, 0.3) is 0 Å². The highest BCUT2D eigenvalue weighted by atomic mass is 16.5. The molecule has 9 nitrogen and oxygen atoms in total. The van der Waals surface area contributed by atoms with Gasteiger partial charge in [-0.15, -0.1) is 0 Å². The molecule has 9 heteroatoms. The minimum Gasteiger partial charge on any atom is -0.480 e. The number of amides is 1. The van der Waals surface area contributed by atoms with E-state index in [9.17, 15) is 19.5 Å². The fourth-order valence-electron chi connectivity index (χ4n) is 6.82. The summed E-state index contributed by atoms with van der Waals surface area (Å²) in [4.78, 5) is 39.5. The molecule has 5 N–H and O–H groups in total. The second-order valence-electron chi connectivity index (χ2n) is 13.2. The zero-order valence-electron chi connectivity index (χ0n) is 26.2. The lowest BCUT2D eigenvalue weighted by Gasteiger charge is -2.43. The molecular weight excluding hydrogens is 532 g/mol. The Morgan fingerprint density at radius 2 is 1.74 bits per heavy atom. The van der Waals surface area contributed by atoms with Crippen molar-refractivity contribution in [3.8, 4) is 0 Å². The number of quaternary nitrogens is 1. The van der Waals surface area contributed by atoms with Gasteiger partial charge in [-0.1, -0.05) is 96.6 Å². The number of nitrogens with two attached hydrogens (primary N) is 1. The van der Waals surface area contributed by atoms with Gasteiger partial charge in [-0.05, 0) is 36.2 Å². The molecule has 1 aliphatic carbocycles. The molecule has 0 aromatic heterocycles. The number of hydrogen-bond acceptors (Lipinski definition) is 6. The van der Waals surface area contributed by atoms with Gasteiger partial charge >= 0.3 is 11.9 Å². The van der Waals surface area contributed by atoms with Gasteiger partial charge in [0.1, 0.15) is 13.2 Å². The molecule has 3 rings (SSSR count). The number of carboxylic acid groups (broad SMARTS) is 1. The quantitative estimate of drug-likeness (QED) is 0.165. The van der Waals surface area contributed by atoms with Crippen LogP contribution in [-0.4, -0.2) is 64.8 Å². The van der Waals surface area contributed by atoms with Gasteiger partial charge in [-0.3, -0.25) is 9.59 Å². The van der Waals surface area contributed by atoms with Gasteiger partial charge in [0, 0.05) is 12.8 Å². The summed E-state index contributed by atoms with van der Waals surface area (Å²) >= 11 is 0. The Hall–Kier alpha value is -2.49. The monoisotopic (exact) mass is 587 g/mol. The van der Waals surface area contributed by atoms with E-state index in [1.807, 2.05) is 44.2 Å². The summed E-state index contributed by atoms with van der Waals surface area (Å²) in [5.41, 5.74) is 10.8. The summed E-state index contributed by atoms with van der Waals surface area (Å²) < 4.78 is 5.89. The standard InChI is InChI=1S/C33H54N4O5/c1-5-24(4)30(32(39)40)36-37(18-12-17-29(37)33(41)42-22-26-15-10-7-11-16-26)21-27(19-23(2)3)35-31(38)28(34)20-25-13-8-6-9-14-25/h7,10-11,15-16,23-25,27-30,36H,5-6,8-9,12-14,17-22,34H2,1-4H3,(H-,35,38,39,40)/p+1/t24-,27-,28-,29-,30-,37?/m0/s1. The van der Waals surface area contributed by atoms with Crippen molar-refractivity contribution in [3.05, 3.63) is 35.9 Å². The molecule has 42 heavy (non-hydrogen) atoms. The summed E-state index contributed by atoms with van der Waals surface area (Å²) in [5.74, 6) is -0.840. The number of carboxylic acids is 1. The number of carbonyl (C=O) groups is 3. The summed E-state index contributed by atoms with van der Waals surface area (Å²) in [6.07, 6.45) is 9.27. The highest BCUT2D eigenvalue weighted by Gasteiger charge is 2.51. The average molecular weight is 588 g/mol. The lowest BCUT2D eigenvalue weighted by atomic mass is 9.85. The van der Waals surface area contributed by atoms with Crippen molar-refractivity contribution in [2.24, 2.45) is 23.5 Å². The molecular formula is C33H55N4O5+. The number of nitrogens with one attached hydrogen (secondary N) is 2. The van der Waals surface area contributed by atoms with Gasteiger partial charge in [-0.2, -0.15) is 5.43 Å². The van der Waals surface area contributed by atoms with Gasteiger partial charge in [0.05, 0.1) is 18.6 Å². The predicted octanol–water partition coefficient (Wildman–Crippen LogP) is 4.54. The van der Waals surface area contributed by atoms with Crippen molar-refractivity contribution in [2.45, 2.75) is 123 Å². The number of ether oxygens (including phenoxy) is 1. The van der Waals surface area contributed by atoms with E-state index in [-0.39, 0.29) is 41.0 Å². The Balaban J connectivity index is 1.84. The lowest BCUT2D eigenvalue weighted by Crippen LogP contribution is -2.71. The van der Waals surface area contributed by atoms with E-state index < -0.39 is 24.1 Å². The van der Waals surface area contributed by atoms with E-state index in [4.69, 9.17) is 10.5 Å².